The van der Waals surface area contributed by atoms with E-state index in [1.807, 2.05) is 0 Å². The molecule has 23 heavy (non-hydrogen) atoms. The Balaban J connectivity index is 2.37. The summed E-state index contributed by atoms with van der Waals surface area (Å²) in [5.41, 5.74) is -0.670. The van der Waals surface area contributed by atoms with Crippen molar-refractivity contribution in [2.45, 2.75) is 18.3 Å². The lowest BCUT2D eigenvalue weighted by Crippen LogP contribution is -2.25. The zero-order valence-electron chi connectivity index (χ0n) is 12.3. The smallest absolute Gasteiger partial charge is 0.433 e. The Morgan fingerprint density at radius 1 is 1.30 bits per heavy atom. The number of hydrogen-bond donors (Lipinski definition) is 0. The Morgan fingerprint density at radius 2 is 2.00 bits per heavy atom. The van der Waals surface area contributed by atoms with Gasteiger partial charge in [-0.3, -0.25) is 4.98 Å². The van der Waals surface area contributed by atoms with Gasteiger partial charge in [-0.25, -0.2) is 8.94 Å². The van der Waals surface area contributed by atoms with Gasteiger partial charge >= 0.3 is 12.0 Å². The van der Waals surface area contributed by atoms with Crippen molar-refractivity contribution in [3.8, 4) is 0 Å². The van der Waals surface area contributed by atoms with Crippen LogP contribution < -0.4 is 4.73 Å². The van der Waals surface area contributed by atoms with E-state index in [2.05, 4.69) is 9.35 Å². The van der Waals surface area contributed by atoms with E-state index in [1.165, 1.54) is 30.7 Å². The molecule has 2 aromatic rings. The quantitative estimate of drug-likeness (QED) is 0.633. The van der Waals surface area contributed by atoms with Gasteiger partial charge in [0.1, 0.15) is 15.4 Å². The second kappa shape index (κ2) is 6.15. The first-order valence-electron chi connectivity index (χ1n) is 6.53. The van der Waals surface area contributed by atoms with E-state index in [0.29, 0.717) is 10.3 Å². The normalized spacial score (nSPS) is 15.7. The van der Waals surface area contributed by atoms with Crippen LogP contribution in [0.4, 0.5) is 19.0 Å². The molecule has 9 heteroatoms. The molecule has 0 saturated heterocycles. The summed E-state index contributed by atoms with van der Waals surface area (Å²) < 4.78 is 54.7. The van der Waals surface area contributed by atoms with Crippen molar-refractivity contribution in [3.05, 3.63) is 59.2 Å². The van der Waals surface area contributed by atoms with Crippen LogP contribution in [-0.4, -0.2) is 15.4 Å². The molecule has 0 fully saturated rings. The summed E-state index contributed by atoms with van der Waals surface area (Å²) in [7, 11) is -2.90. The lowest BCUT2D eigenvalue weighted by molar-refractivity contribution is -0.591. The van der Waals surface area contributed by atoms with E-state index >= 15 is 0 Å². The van der Waals surface area contributed by atoms with Crippen LogP contribution in [-0.2, 0) is 15.9 Å². The molecule has 0 N–H and O–H groups in total. The molecule has 0 radical (unpaired) electrons. The minimum Gasteiger partial charge on any atom is -0.710 e. The molecule has 0 amide bonds. The third-order valence-corrected chi connectivity index (χ3v) is 5.41. The summed E-state index contributed by atoms with van der Waals surface area (Å²) >= 11 is 0. The third kappa shape index (κ3) is 3.98. The van der Waals surface area contributed by atoms with E-state index in [4.69, 9.17) is 0 Å². The van der Waals surface area contributed by atoms with Gasteiger partial charge in [-0.2, -0.15) is 13.2 Å². The molecule has 0 aromatic carbocycles. The van der Waals surface area contributed by atoms with Gasteiger partial charge in [0.15, 0.2) is 0 Å². The van der Waals surface area contributed by atoms with Crippen molar-refractivity contribution in [1.29, 1.82) is 0 Å². The largest absolute Gasteiger partial charge is 0.710 e. The fourth-order valence-corrected chi connectivity index (χ4v) is 3.14. The van der Waals surface area contributed by atoms with Crippen LogP contribution in [0.3, 0.4) is 0 Å². The lowest BCUT2D eigenvalue weighted by Gasteiger charge is -2.12. The molecule has 124 valence electrons. The van der Waals surface area contributed by atoms with Gasteiger partial charge in [0.05, 0.1) is 11.4 Å². The fraction of sp³-hybridized carbons (Fsp3) is 0.286. The van der Waals surface area contributed by atoms with E-state index < -0.39 is 26.8 Å². The number of rotatable bonds is 3. The number of alkyl halides is 3. The average molecular weight is 345 g/mol. The zero-order chi connectivity index (χ0) is 17.3. The topological polar surface area (TPSA) is 69.3 Å². The van der Waals surface area contributed by atoms with Crippen molar-refractivity contribution in [3.63, 3.8) is 0 Å². The summed E-state index contributed by atoms with van der Waals surface area (Å²) in [6.07, 6.45) is -0.929. The van der Waals surface area contributed by atoms with Crippen LogP contribution in [0.15, 0.2) is 47.1 Å². The molecule has 0 aliphatic rings. The molecule has 2 aromatic heterocycles. The molecule has 2 rings (SSSR count). The first-order chi connectivity index (χ1) is 10.6. The van der Waals surface area contributed by atoms with Gasteiger partial charge in [0.25, 0.3) is 0 Å². The first kappa shape index (κ1) is 17.2. The second-order valence-corrected chi connectivity index (χ2v) is 7.57. The number of nitrogens with zero attached hydrogens (tertiary/aromatic N) is 3. The van der Waals surface area contributed by atoms with Gasteiger partial charge in [0.2, 0.25) is 0 Å². The fourth-order valence-electron chi connectivity index (χ4n) is 1.82. The van der Waals surface area contributed by atoms with Crippen molar-refractivity contribution in [1.82, 2.24) is 4.98 Å². The Morgan fingerprint density at radius 3 is 2.52 bits per heavy atom. The van der Waals surface area contributed by atoms with Crippen molar-refractivity contribution >= 4 is 15.5 Å². The van der Waals surface area contributed by atoms with Crippen molar-refractivity contribution in [2.24, 2.45) is 4.36 Å². The third-order valence-electron chi connectivity index (χ3n) is 3.28. The van der Waals surface area contributed by atoms with Crippen LogP contribution in [0.2, 0.25) is 0 Å². The summed E-state index contributed by atoms with van der Waals surface area (Å²) in [6, 6.07) is 6.54. The molecule has 0 bridgehead atoms. The van der Waals surface area contributed by atoms with Gasteiger partial charge in [-0.1, -0.05) is 12.1 Å². The Hall–Kier alpha value is -2.16. The molecule has 2 unspecified atom stereocenters. The second-order valence-electron chi connectivity index (χ2n) is 4.95. The molecule has 0 spiro atoms. The van der Waals surface area contributed by atoms with Gasteiger partial charge < -0.3 is 5.21 Å². The zero-order valence-corrected chi connectivity index (χ0v) is 13.1. The van der Waals surface area contributed by atoms with E-state index in [-0.39, 0.29) is 5.82 Å². The molecular formula is C14H14F3N3O2S. The molecule has 0 aliphatic heterocycles. The lowest BCUT2D eigenvalue weighted by atomic mass is 10.2. The van der Waals surface area contributed by atoms with Crippen LogP contribution in [0.5, 0.6) is 0 Å². The summed E-state index contributed by atoms with van der Waals surface area (Å²) in [5, 5.41) is 10.9. The predicted molar refractivity (Wildman–Crippen MR) is 79.2 cm³/mol. The highest BCUT2D eigenvalue weighted by Gasteiger charge is 2.32. The SMILES string of the molecule is CC(c1ccc(C(F)(F)F)nc1)S(C)(=O)=Nc1cccc[n+]1[O-]. The number of hydrogen-bond acceptors (Lipinski definition) is 4. The van der Waals surface area contributed by atoms with Crippen molar-refractivity contribution in [2.75, 3.05) is 6.26 Å². The van der Waals surface area contributed by atoms with Crippen LogP contribution in [0.1, 0.15) is 23.4 Å². The number of pyridine rings is 2. The van der Waals surface area contributed by atoms with Gasteiger partial charge in [-0.15, -0.1) is 0 Å². The van der Waals surface area contributed by atoms with Gasteiger partial charge in [-0.05, 0) is 24.6 Å². The van der Waals surface area contributed by atoms with Crippen LogP contribution in [0.25, 0.3) is 0 Å². The standard InChI is InChI=1S/C14H14F3N3O2S/c1-10(11-6-7-12(18-9-11)14(15,16)17)23(2,22)19-13-5-3-4-8-20(13)21/h3-10H,1-2H3. The van der Waals surface area contributed by atoms with E-state index in [1.54, 1.807) is 13.0 Å². The maximum atomic E-state index is 12.7. The predicted octanol–water partition coefficient (Wildman–Crippen LogP) is 3.22. The monoisotopic (exact) mass is 345 g/mol. The Kier molecular flexibility index (Phi) is 4.60. The molecule has 2 atom stereocenters. The maximum absolute atomic E-state index is 12.7. The molecule has 0 saturated carbocycles. The molecule has 2 heterocycles. The van der Waals surface area contributed by atoms with Crippen LogP contribution >= 0.6 is 0 Å². The van der Waals surface area contributed by atoms with E-state index in [0.717, 1.165) is 12.3 Å². The minimum atomic E-state index is -4.53. The Bertz CT molecular complexity index is 813. The van der Waals surface area contributed by atoms with Crippen molar-refractivity contribution < 1.29 is 22.1 Å². The Labute approximate surface area is 131 Å². The molecule has 0 aliphatic carbocycles. The highest BCUT2D eigenvalue weighted by molar-refractivity contribution is 7.93. The first-order valence-corrected chi connectivity index (χ1v) is 8.52. The summed E-state index contributed by atoms with van der Waals surface area (Å²) in [4.78, 5) is 3.35. The van der Waals surface area contributed by atoms with E-state index in [9.17, 15) is 22.6 Å². The minimum absolute atomic E-state index is 0.0216. The summed E-state index contributed by atoms with van der Waals surface area (Å²) in [6.45, 7) is 1.56. The molecule has 5 nitrogen and oxygen atoms in total. The number of aromatic nitrogens is 2. The molecular weight excluding hydrogens is 331 g/mol. The number of halogens is 3. The van der Waals surface area contributed by atoms with Gasteiger partial charge in [0, 0.05) is 22.9 Å². The highest BCUT2D eigenvalue weighted by Crippen LogP contribution is 2.30. The maximum Gasteiger partial charge on any atom is 0.433 e. The average Bonchev–Trinajstić information content (AvgIpc) is 2.48. The summed E-state index contributed by atoms with van der Waals surface area (Å²) in [5.74, 6) is -0.0216. The van der Waals surface area contributed by atoms with Crippen LogP contribution in [0, 0.1) is 5.21 Å². The highest BCUT2D eigenvalue weighted by atomic mass is 32.2.